The Balaban J connectivity index is 2.12. The summed E-state index contributed by atoms with van der Waals surface area (Å²) in [6.45, 7) is 1.65. The summed E-state index contributed by atoms with van der Waals surface area (Å²) in [6.07, 6.45) is -2.25. The van der Waals surface area contributed by atoms with E-state index < -0.39 is 28.4 Å². The van der Waals surface area contributed by atoms with E-state index in [9.17, 15) is 13.2 Å². The van der Waals surface area contributed by atoms with Crippen LogP contribution in [0.2, 0.25) is 0 Å². The molecule has 4 N–H and O–H groups in total. The molecule has 0 amide bonds. The SMILES string of the molecule is C[C@]1(c2cc(N)ccc2F)N=C(N)S[C@@]2(C(F)F)CC21. The van der Waals surface area contributed by atoms with Gasteiger partial charge in [-0.25, -0.2) is 13.2 Å². The summed E-state index contributed by atoms with van der Waals surface area (Å²) in [5, 5.41) is 0.0726. The summed E-state index contributed by atoms with van der Waals surface area (Å²) in [5.74, 6) is -0.941. The number of nitrogens with zero attached hydrogens (tertiary/aromatic N) is 1. The highest BCUT2D eigenvalue weighted by molar-refractivity contribution is 8.15. The Morgan fingerprint density at radius 3 is 2.75 bits per heavy atom. The Morgan fingerprint density at radius 2 is 2.10 bits per heavy atom. The van der Waals surface area contributed by atoms with Crippen LogP contribution < -0.4 is 11.5 Å². The van der Waals surface area contributed by atoms with Gasteiger partial charge in [-0.3, -0.25) is 4.99 Å². The number of rotatable bonds is 2. The second kappa shape index (κ2) is 4.07. The lowest BCUT2D eigenvalue weighted by molar-refractivity contribution is 0.124. The summed E-state index contributed by atoms with van der Waals surface area (Å²) in [7, 11) is 0. The fourth-order valence-corrected chi connectivity index (χ4v) is 4.37. The minimum atomic E-state index is -2.52. The van der Waals surface area contributed by atoms with Crippen LogP contribution in [0.3, 0.4) is 0 Å². The van der Waals surface area contributed by atoms with Crippen molar-refractivity contribution in [2.75, 3.05) is 5.73 Å². The van der Waals surface area contributed by atoms with Crippen molar-refractivity contribution in [3.05, 3.63) is 29.6 Å². The van der Waals surface area contributed by atoms with E-state index in [0.717, 1.165) is 11.8 Å². The van der Waals surface area contributed by atoms with Crippen LogP contribution in [0.25, 0.3) is 0 Å². The third-order valence-corrected chi connectivity index (χ3v) is 5.48. The largest absolute Gasteiger partial charge is 0.399 e. The van der Waals surface area contributed by atoms with Crippen molar-refractivity contribution in [1.82, 2.24) is 0 Å². The zero-order valence-electron chi connectivity index (χ0n) is 10.7. The Kier molecular flexibility index (Phi) is 2.77. The van der Waals surface area contributed by atoms with Crippen LogP contribution in [-0.4, -0.2) is 16.3 Å². The number of nitrogens with two attached hydrogens (primary N) is 2. The van der Waals surface area contributed by atoms with Crippen molar-refractivity contribution in [3.63, 3.8) is 0 Å². The van der Waals surface area contributed by atoms with Gasteiger partial charge in [0, 0.05) is 17.2 Å². The lowest BCUT2D eigenvalue weighted by atomic mass is 9.85. The molecule has 7 heteroatoms. The summed E-state index contributed by atoms with van der Waals surface area (Å²) in [5.41, 5.74) is 10.9. The molecule has 1 unspecified atom stereocenters. The summed E-state index contributed by atoms with van der Waals surface area (Å²) >= 11 is 0.902. The molecule has 2 aliphatic rings. The van der Waals surface area contributed by atoms with E-state index in [2.05, 4.69) is 4.99 Å². The van der Waals surface area contributed by atoms with E-state index in [1.54, 1.807) is 6.92 Å². The van der Waals surface area contributed by atoms with Crippen molar-refractivity contribution in [3.8, 4) is 0 Å². The smallest absolute Gasteiger partial charge is 0.253 e. The first-order valence-electron chi connectivity index (χ1n) is 6.17. The van der Waals surface area contributed by atoms with Crippen molar-refractivity contribution < 1.29 is 13.2 Å². The minimum Gasteiger partial charge on any atom is -0.399 e. The number of anilines is 1. The molecule has 0 radical (unpaired) electrons. The molecule has 3 rings (SSSR count). The molecular weight excluding hydrogens is 287 g/mol. The first kappa shape index (κ1) is 13.6. The van der Waals surface area contributed by atoms with Gasteiger partial charge in [-0.1, -0.05) is 11.8 Å². The summed E-state index contributed by atoms with van der Waals surface area (Å²) in [4.78, 5) is 4.26. The topological polar surface area (TPSA) is 64.4 Å². The molecule has 3 nitrogen and oxygen atoms in total. The quantitative estimate of drug-likeness (QED) is 0.826. The molecule has 1 saturated carbocycles. The Bertz CT molecular complexity index is 607. The molecule has 108 valence electrons. The second-order valence-electron chi connectivity index (χ2n) is 5.45. The highest BCUT2D eigenvalue weighted by Crippen LogP contribution is 2.68. The molecule has 3 atom stereocenters. The van der Waals surface area contributed by atoms with E-state index in [0.29, 0.717) is 5.69 Å². The maximum atomic E-state index is 14.1. The Morgan fingerprint density at radius 1 is 1.40 bits per heavy atom. The summed E-state index contributed by atoms with van der Waals surface area (Å²) in [6, 6.07) is 4.12. The predicted octanol–water partition coefficient (Wildman–Crippen LogP) is 2.71. The molecule has 0 spiro atoms. The molecule has 1 aliphatic carbocycles. The maximum absolute atomic E-state index is 14.1. The molecule has 1 aliphatic heterocycles. The lowest BCUT2D eigenvalue weighted by Crippen LogP contribution is -2.38. The summed E-state index contributed by atoms with van der Waals surface area (Å²) < 4.78 is 39.5. The van der Waals surface area contributed by atoms with Gasteiger partial charge >= 0.3 is 0 Å². The average molecular weight is 301 g/mol. The fraction of sp³-hybridized carbons (Fsp3) is 0.462. The number of alkyl halides is 2. The number of aliphatic imine (C=N–C) groups is 1. The van der Waals surface area contributed by atoms with Gasteiger partial charge in [-0.15, -0.1) is 0 Å². The number of hydrogen-bond acceptors (Lipinski definition) is 4. The van der Waals surface area contributed by atoms with Crippen LogP contribution >= 0.6 is 11.8 Å². The number of fused-ring (bicyclic) bond motifs is 1. The number of hydrogen-bond donors (Lipinski definition) is 2. The third kappa shape index (κ3) is 1.72. The maximum Gasteiger partial charge on any atom is 0.253 e. The van der Waals surface area contributed by atoms with Crippen LogP contribution in [0.1, 0.15) is 18.9 Å². The van der Waals surface area contributed by atoms with Gasteiger partial charge in [0.15, 0.2) is 5.17 Å². The molecule has 0 aromatic heterocycles. The number of amidine groups is 1. The minimum absolute atomic E-state index is 0.0726. The molecule has 0 saturated heterocycles. The van der Waals surface area contributed by atoms with Gasteiger partial charge in [0.1, 0.15) is 5.82 Å². The molecule has 1 fully saturated rings. The number of nitrogen functional groups attached to an aromatic ring is 1. The van der Waals surface area contributed by atoms with Crippen molar-refractivity contribution >= 4 is 22.6 Å². The van der Waals surface area contributed by atoms with Gasteiger partial charge in [-0.2, -0.15) is 0 Å². The van der Waals surface area contributed by atoms with Gasteiger partial charge in [0.25, 0.3) is 6.43 Å². The van der Waals surface area contributed by atoms with Crippen molar-refractivity contribution in [1.29, 1.82) is 0 Å². The molecule has 20 heavy (non-hydrogen) atoms. The molecular formula is C13H14F3N3S. The average Bonchev–Trinajstić information content (AvgIpc) is 3.09. The van der Waals surface area contributed by atoms with Gasteiger partial charge in [-0.05, 0) is 31.5 Å². The van der Waals surface area contributed by atoms with Gasteiger partial charge in [0.05, 0.1) is 10.3 Å². The van der Waals surface area contributed by atoms with E-state index in [1.165, 1.54) is 18.2 Å². The Labute approximate surface area is 118 Å². The van der Waals surface area contributed by atoms with E-state index in [1.807, 2.05) is 0 Å². The molecule has 1 aromatic rings. The van der Waals surface area contributed by atoms with Crippen LogP contribution in [0, 0.1) is 11.7 Å². The van der Waals surface area contributed by atoms with Crippen LogP contribution in [0.5, 0.6) is 0 Å². The lowest BCUT2D eigenvalue weighted by Gasteiger charge is -2.34. The monoisotopic (exact) mass is 301 g/mol. The molecule has 0 bridgehead atoms. The van der Waals surface area contributed by atoms with Crippen LogP contribution in [-0.2, 0) is 5.54 Å². The van der Waals surface area contributed by atoms with Crippen LogP contribution in [0.4, 0.5) is 18.9 Å². The molecule has 1 heterocycles. The number of halogens is 3. The zero-order chi connectivity index (χ0) is 14.7. The van der Waals surface area contributed by atoms with E-state index >= 15 is 0 Å². The number of benzene rings is 1. The predicted molar refractivity (Wildman–Crippen MR) is 74.2 cm³/mol. The highest BCUT2D eigenvalue weighted by atomic mass is 32.2. The zero-order valence-corrected chi connectivity index (χ0v) is 11.6. The first-order chi connectivity index (χ1) is 9.29. The van der Waals surface area contributed by atoms with Gasteiger partial charge < -0.3 is 11.5 Å². The van der Waals surface area contributed by atoms with Crippen molar-refractivity contribution in [2.45, 2.75) is 30.1 Å². The van der Waals surface area contributed by atoms with E-state index in [-0.39, 0.29) is 17.2 Å². The first-order valence-corrected chi connectivity index (χ1v) is 6.99. The normalized spacial score (nSPS) is 35.6. The standard InChI is InChI=1S/C13H14F3N3S/c1-12(7-4-6(17)2-3-8(7)14)9-5-13(9,10(15)16)20-11(18)19-12/h2-4,9-10H,5,17H2,1H3,(H2,18,19)/t9?,12-,13+/m1/s1. The van der Waals surface area contributed by atoms with Gasteiger partial charge in [0.2, 0.25) is 0 Å². The molecule has 1 aromatic carbocycles. The van der Waals surface area contributed by atoms with Crippen LogP contribution in [0.15, 0.2) is 23.2 Å². The Hall–Kier alpha value is -1.37. The van der Waals surface area contributed by atoms with E-state index in [4.69, 9.17) is 11.5 Å². The fourth-order valence-electron chi connectivity index (χ4n) is 3.04. The highest BCUT2D eigenvalue weighted by Gasteiger charge is 2.71. The third-order valence-electron chi connectivity index (χ3n) is 4.17. The number of thioether (sulfide) groups is 1. The second-order valence-corrected chi connectivity index (χ2v) is 6.83. The van der Waals surface area contributed by atoms with Crippen molar-refractivity contribution in [2.24, 2.45) is 16.6 Å².